The number of nitrogens with one attached hydrogen (secondary N) is 1. The average molecular weight is 668 g/mol. The minimum atomic E-state index is -2.94. The minimum absolute atomic E-state index is 0.0273. The van der Waals surface area contributed by atoms with Gasteiger partial charge in [-0.25, -0.2) is 22.8 Å². The monoisotopic (exact) mass is 667 g/mol. The number of nitrogens with zero attached hydrogens (tertiary/aromatic N) is 3. The van der Waals surface area contributed by atoms with E-state index in [0.29, 0.717) is 17.5 Å². The van der Waals surface area contributed by atoms with E-state index < -0.39 is 82.1 Å². The number of hydrogen-bond donors (Lipinski definition) is 3. The molecule has 0 radical (unpaired) electrons. The molecule has 244 valence electrons. The van der Waals surface area contributed by atoms with Gasteiger partial charge in [0.2, 0.25) is 5.91 Å². The van der Waals surface area contributed by atoms with E-state index in [9.17, 15) is 27.9 Å². The summed E-state index contributed by atoms with van der Waals surface area (Å²) in [5.74, 6) is -6.24. The summed E-state index contributed by atoms with van der Waals surface area (Å²) in [6.07, 6.45) is 1.08. The Hall–Kier alpha value is -4.50. The number of fused-ring (bicyclic) bond motifs is 1. The predicted octanol–water partition coefficient (Wildman–Crippen LogP) is 5.03. The molecule has 0 unspecified atom stereocenters. The lowest BCUT2D eigenvalue weighted by atomic mass is 9.89. The summed E-state index contributed by atoms with van der Waals surface area (Å²) >= 11 is 5.81. The number of carbonyl (C=O) groups is 2. The Morgan fingerprint density at radius 1 is 1.22 bits per heavy atom. The van der Waals surface area contributed by atoms with Gasteiger partial charge in [-0.15, -0.1) is 0 Å². The number of carbonyl (C=O) groups excluding carboxylic acids is 2. The molecule has 1 atom stereocenters. The van der Waals surface area contributed by atoms with Crippen molar-refractivity contribution in [1.82, 2.24) is 20.1 Å². The van der Waals surface area contributed by atoms with Crippen LogP contribution in [0.1, 0.15) is 47.9 Å². The van der Waals surface area contributed by atoms with Gasteiger partial charge in [0.25, 0.3) is 5.91 Å². The molecule has 16 heteroatoms. The second-order valence-corrected chi connectivity index (χ2v) is 11.0. The Bertz CT molecular complexity index is 1850. The van der Waals surface area contributed by atoms with E-state index in [2.05, 4.69) is 15.4 Å². The van der Waals surface area contributed by atoms with E-state index in [1.165, 1.54) is 19.2 Å². The van der Waals surface area contributed by atoms with Crippen LogP contribution in [0.5, 0.6) is 11.5 Å². The van der Waals surface area contributed by atoms with Crippen LogP contribution in [-0.4, -0.2) is 51.9 Å². The van der Waals surface area contributed by atoms with Crippen molar-refractivity contribution >= 4 is 34.3 Å². The van der Waals surface area contributed by atoms with Gasteiger partial charge in [-0.05, 0) is 49.9 Å². The molecular formula is C30H27ClF5N5O5. The number of aliphatic hydroxyl groups is 1. The molecule has 1 aliphatic carbocycles. The van der Waals surface area contributed by atoms with Crippen LogP contribution in [0, 0.1) is 23.4 Å². The van der Waals surface area contributed by atoms with Crippen LogP contribution >= 0.6 is 11.6 Å². The third kappa shape index (κ3) is 6.03. The molecule has 1 fully saturated rings. The zero-order valence-electron chi connectivity index (χ0n) is 24.3. The van der Waals surface area contributed by atoms with Crippen molar-refractivity contribution in [3.63, 3.8) is 0 Å². The van der Waals surface area contributed by atoms with E-state index in [4.69, 9.17) is 26.8 Å². The van der Waals surface area contributed by atoms with Crippen LogP contribution in [0.25, 0.3) is 22.2 Å². The van der Waals surface area contributed by atoms with Crippen molar-refractivity contribution in [2.24, 2.45) is 11.7 Å². The Balaban J connectivity index is 1.60. The summed E-state index contributed by atoms with van der Waals surface area (Å²) in [4.78, 5) is 29.6. The lowest BCUT2D eigenvalue weighted by molar-refractivity contribution is -0.117. The molecule has 2 aromatic heterocycles. The summed E-state index contributed by atoms with van der Waals surface area (Å²) in [7, 11) is 1.27. The molecule has 2 aromatic carbocycles. The Morgan fingerprint density at radius 2 is 1.93 bits per heavy atom. The first-order valence-electron chi connectivity index (χ1n) is 13.9. The van der Waals surface area contributed by atoms with E-state index in [-0.39, 0.29) is 40.3 Å². The predicted molar refractivity (Wildman–Crippen MR) is 155 cm³/mol. The number of rotatable bonds is 12. The number of halogens is 6. The van der Waals surface area contributed by atoms with Crippen LogP contribution in [-0.2, 0) is 16.8 Å². The van der Waals surface area contributed by atoms with Gasteiger partial charge in [-0.1, -0.05) is 11.6 Å². The van der Waals surface area contributed by atoms with Gasteiger partial charge < -0.3 is 25.6 Å². The molecule has 0 aliphatic heterocycles. The molecule has 2 amide bonds. The van der Waals surface area contributed by atoms with Crippen molar-refractivity contribution in [3.8, 4) is 22.8 Å². The van der Waals surface area contributed by atoms with Gasteiger partial charge in [-0.3, -0.25) is 9.59 Å². The lowest BCUT2D eigenvalue weighted by Gasteiger charge is -2.30. The number of benzene rings is 2. The minimum Gasteiger partial charge on any atom is -0.494 e. The molecule has 2 heterocycles. The second kappa shape index (κ2) is 12.7. The summed E-state index contributed by atoms with van der Waals surface area (Å²) in [5.41, 5.74) is 1.35. The Morgan fingerprint density at radius 3 is 2.54 bits per heavy atom. The standard InChI is InChI=1S/C30H27ClF5N5O5/c1-3-46-26-17(10-20(37)42)23(34)27(39-25(26)16-6-7-18(32)21(31)22(16)33)30(44,15-4-5-15)12-38-28(43)13-8-14-11-41(29(35)36)40-24(14)19(9-13)45-2/h6-9,11,15,29,44H,3-5,10,12H2,1-2H3,(H2,37,42)(H,38,43)/t30-/m1/s1. The number of amides is 2. The molecule has 1 saturated carbocycles. The summed E-state index contributed by atoms with van der Waals surface area (Å²) < 4.78 is 83.3. The number of hydrogen-bond acceptors (Lipinski definition) is 7. The fourth-order valence-corrected chi connectivity index (χ4v) is 5.38. The zero-order valence-corrected chi connectivity index (χ0v) is 25.1. The smallest absolute Gasteiger partial charge is 0.333 e. The Kier molecular flexibility index (Phi) is 9.09. The first-order valence-corrected chi connectivity index (χ1v) is 14.3. The number of ether oxygens (including phenoxy) is 2. The summed E-state index contributed by atoms with van der Waals surface area (Å²) in [6.45, 7) is -2.10. The molecule has 10 nitrogen and oxygen atoms in total. The van der Waals surface area contributed by atoms with E-state index >= 15 is 8.78 Å². The number of primary amides is 1. The van der Waals surface area contributed by atoms with Gasteiger partial charge in [0.05, 0.1) is 26.7 Å². The van der Waals surface area contributed by atoms with Crippen molar-refractivity contribution in [2.45, 2.75) is 38.3 Å². The van der Waals surface area contributed by atoms with Crippen molar-refractivity contribution in [2.75, 3.05) is 20.3 Å². The van der Waals surface area contributed by atoms with Crippen LogP contribution in [0.2, 0.25) is 5.02 Å². The largest absolute Gasteiger partial charge is 0.494 e. The third-order valence-corrected chi connectivity index (χ3v) is 7.92. The van der Waals surface area contributed by atoms with Crippen LogP contribution in [0.4, 0.5) is 22.0 Å². The van der Waals surface area contributed by atoms with Gasteiger partial charge in [0, 0.05) is 28.3 Å². The van der Waals surface area contributed by atoms with Crippen molar-refractivity contribution in [1.29, 1.82) is 0 Å². The zero-order chi connectivity index (χ0) is 33.5. The molecule has 0 saturated heterocycles. The molecule has 4 N–H and O–H groups in total. The highest BCUT2D eigenvalue weighted by Crippen LogP contribution is 2.48. The summed E-state index contributed by atoms with van der Waals surface area (Å²) in [6, 6.07) is 4.40. The highest BCUT2D eigenvalue weighted by atomic mass is 35.5. The number of nitrogens with two attached hydrogens (primary N) is 1. The van der Waals surface area contributed by atoms with Gasteiger partial charge in [-0.2, -0.15) is 13.9 Å². The molecular weight excluding hydrogens is 641 g/mol. The topological polar surface area (TPSA) is 142 Å². The molecule has 1 aliphatic rings. The lowest BCUT2D eigenvalue weighted by Crippen LogP contribution is -2.44. The van der Waals surface area contributed by atoms with Crippen LogP contribution < -0.4 is 20.5 Å². The molecule has 0 bridgehead atoms. The van der Waals surface area contributed by atoms with Gasteiger partial charge in [0.15, 0.2) is 17.4 Å². The van der Waals surface area contributed by atoms with Crippen LogP contribution in [0.3, 0.4) is 0 Å². The summed E-state index contributed by atoms with van der Waals surface area (Å²) in [5, 5.41) is 17.6. The number of methoxy groups -OCH3 is 1. The fourth-order valence-electron chi connectivity index (χ4n) is 5.22. The highest BCUT2D eigenvalue weighted by Gasteiger charge is 2.49. The Labute approximate surface area is 263 Å². The van der Waals surface area contributed by atoms with E-state index in [1.807, 2.05) is 0 Å². The average Bonchev–Trinajstić information content (AvgIpc) is 3.79. The number of aromatic nitrogens is 3. The van der Waals surface area contributed by atoms with Gasteiger partial charge >= 0.3 is 6.55 Å². The molecule has 4 aromatic rings. The highest BCUT2D eigenvalue weighted by molar-refractivity contribution is 6.31. The third-order valence-electron chi connectivity index (χ3n) is 7.57. The SMILES string of the molecule is CCOc1c(-c2ccc(F)c(Cl)c2F)nc([C@@](O)(CNC(=O)c2cc(OC)c3nn(C(F)F)cc3c2)C2CC2)c(F)c1CC(N)=O. The maximum Gasteiger partial charge on any atom is 0.333 e. The number of alkyl halides is 2. The normalized spacial score (nSPS) is 14.4. The fraction of sp³-hybridized carbons (Fsp3) is 0.333. The van der Waals surface area contributed by atoms with Crippen molar-refractivity contribution < 1.29 is 46.1 Å². The molecule has 5 rings (SSSR count). The second-order valence-electron chi connectivity index (χ2n) is 10.6. The quantitative estimate of drug-likeness (QED) is 0.142. The van der Waals surface area contributed by atoms with Crippen LogP contribution in [0.15, 0.2) is 30.5 Å². The number of pyridine rings is 1. The molecule has 0 spiro atoms. The molecule has 46 heavy (non-hydrogen) atoms. The first-order chi connectivity index (χ1) is 21.8. The first kappa shape index (κ1) is 32.9. The maximum absolute atomic E-state index is 16.3. The van der Waals surface area contributed by atoms with E-state index in [0.717, 1.165) is 18.3 Å². The van der Waals surface area contributed by atoms with Crippen molar-refractivity contribution in [3.05, 3.63) is 69.8 Å². The van der Waals surface area contributed by atoms with E-state index in [1.54, 1.807) is 6.92 Å². The maximum atomic E-state index is 16.3. The van der Waals surface area contributed by atoms with Gasteiger partial charge in [0.1, 0.15) is 39.1 Å².